The number of phosphoric ester groups is 3. The molecule has 8 heterocycles. The lowest BCUT2D eigenvalue weighted by Crippen LogP contribution is -2.49. The summed E-state index contributed by atoms with van der Waals surface area (Å²) in [5, 5.41) is 97.9. The number of nitrogens with two attached hydrogens (primary N) is 1. The third kappa shape index (κ3) is 30.4. The van der Waals surface area contributed by atoms with Gasteiger partial charge in [0.15, 0.2) is 17.7 Å². The quantitative estimate of drug-likeness (QED) is 0.0132. The van der Waals surface area contributed by atoms with E-state index in [0.29, 0.717) is 0 Å². The smallest absolute Gasteiger partial charge is 0.481 e. The van der Waals surface area contributed by atoms with Crippen LogP contribution in [0.1, 0.15) is 141 Å². The second kappa shape index (κ2) is 50.0. The van der Waals surface area contributed by atoms with Crippen LogP contribution >= 0.6 is 35.2 Å². The van der Waals surface area contributed by atoms with Crippen molar-refractivity contribution in [1.82, 2.24) is 103 Å². The van der Waals surface area contributed by atoms with Crippen LogP contribution in [-0.2, 0) is 60.3 Å². The van der Waals surface area contributed by atoms with E-state index in [9.17, 15) is 126 Å². The Hall–Kier alpha value is -11.8. The van der Waals surface area contributed by atoms with Gasteiger partial charge in [0, 0.05) is 187 Å². The molecule has 2 fully saturated rings. The van der Waals surface area contributed by atoms with E-state index in [4.69, 9.17) is 24.0 Å². The monoisotopic (exact) mass is 2040 g/mol. The summed E-state index contributed by atoms with van der Waals surface area (Å²) in [7, 11) is -16.8. The van der Waals surface area contributed by atoms with Crippen molar-refractivity contribution in [1.29, 1.82) is 0 Å². The molecule has 0 aliphatic carbocycles. The highest BCUT2D eigenvalue weighted by Gasteiger charge is 2.51. The largest absolute Gasteiger partial charge is 0.506 e. The molecule has 2 saturated heterocycles. The van der Waals surface area contributed by atoms with Gasteiger partial charge in [-0.05, 0) is 67.8 Å². The van der Waals surface area contributed by atoms with E-state index in [-0.39, 0.29) is 256 Å². The predicted octanol–water partition coefficient (Wildman–Crippen LogP) is -2.98. The van der Waals surface area contributed by atoms with Crippen LogP contribution in [0.2, 0.25) is 0 Å². The fourth-order valence-electron chi connectivity index (χ4n) is 15.6. The summed E-state index contributed by atoms with van der Waals surface area (Å²) in [4.78, 5) is 239. The molecule has 6 aliphatic rings. The minimum atomic E-state index is -5.70. The van der Waals surface area contributed by atoms with Crippen LogP contribution in [0.25, 0.3) is 11.2 Å². The number of carbonyl (C=O) groups is 13. The number of aliphatic hydroxyl groups is 2. The number of hydrogen-bond acceptors (Lipinski definition) is 36. The molecule has 762 valence electrons. The number of imide groups is 1. The average molecular weight is 2040 g/mol. The van der Waals surface area contributed by atoms with Gasteiger partial charge in [-0.2, -0.15) is 4.31 Å². The van der Waals surface area contributed by atoms with Gasteiger partial charge in [-0.25, -0.2) is 28.6 Å². The summed E-state index contributed by atoms with van der Waals surface area (Å²) in [6, 6.07) is 15.5. The number of benzene rings is 4. The molecule has 12 bridgehead atoms. The number of unbranched alkanes of at least 4 members (excludes halogenated alkanes) is 1. The maximum absolute atomic E-state index is 14.8. The SMILES string of the molecule is CC(C)(COP(=O)(O)OP(=O)(O)OCC1OC(n2cnc3c(N)ncnc32)C(O)C1OP(=O)(O)O)C(O)C(=O)NCCC(=O)NCCSC1CC(=O)N(CCC(=O)NCCCCC2CN3CCNC(=O)c4cccc(c4O)C(=O)NCCN(CCNC(=O)c4cccc(c4O)C(=O)N2)CCN2CCNC(=O)c4cccc(c4O)C(=O)NCCN(CCNC(=O)c4cccc(c4O)C(=O)NCC2)CC3)C1=O. The van der Waals surface area contributed by atoms with Crippen LogP contribution in [0, 0.1) is 5.41 Å². The molecular weight excluding hydrogens is 1920 g/mol. The number of phenolic OH excluding ortho intramolecular Hbond substituents is 4. The van der Waals surface area contributed by atoms with E-state index in [0.717, 1.165) is 33.9 Å². The number of nitrogens with one attached hydrogen (secondary N) is 11. The van der Waals surface area contributed by atoms with Gasteiger partial charge in [-0.3, -0.25) is 105 Å². The van der Waals surface area contributed by atoms with Crippen molar-refractivity contribution in [2.45, 2.75) is 94.3 Å². The van der Waals surface area contributed by atoms with Gasteiger partial charge < -0.3 is 119 Å². The normalized spacial score (nSPS) is 23.0. The first kappa shape index (κ1) is 109. The molecule has 13 amide bonds. The van der Waals surface area contributed by atoms with Gasteiger partial charge in [0.25, 0.3) is 47.3 Å². The number of thioether (sulfide) groups is 1. The summed E-state index contributed by atoms with van der Waals surface area (Å²) in [5.74, 6) is -11.8. The molecule has 56 heteroatoms. The van der Waals surface area contributed by atoms with E-state index < -0.39 is 184 Å². The average Bonchev–Trinajstić information content (AvgIpc) is 1.62. The maximum atomic E-state index is 14.8. The Bertz CT molecular complexity index is 5600. The molecule has 2 aromatic heterocycles. The second-order valence-corrected chi connectivity index (χ2v) is 39.3. The number of anilines is 1. The van der Waals surface area contributed by atoms with Gasteiger partial charge in [0.2, 0.25) is 29.5 Å². The third-order valence-corrected chi connectivity index (χ3v) is 27.6. The third-order valence-electron chi connectivity index (χ3n) is 23.3. The molecule has 0 saturated carbocycles. The Morgan fingerprint density at radius 2 is 0.971 bits per heavy atom. The number of rotatable bonds is 28. The molecular formula is C84H114N21O31P3S. The summed E-state index contributed by atoms with van der Waals surface area (Å²) < 4.78 is 63.2. The van der Waals surface area contributed by atoms with Crippen LogP contribution in [0.4, 0.5) is 5.82 Å². The van der Waals surface area contributed by atoms with E-state index in [2.05, 4.69) is 77.7 Å². The molecule has 23 N–H and O–H groups in total. The lowest BCUT2D eigenvalue weighted by molar-refractivity contribution is -0.139. The van der Waals surface area contributed by atoms with Crippen molar-refractivity contribution < 1.29 is 149 Å². The Labute approximate surface area is 804 Å². The molecule has 4 aromatic carbocycles. The highest BCUT2D eigenvalue weighted by Crippen LogP contribution is 2.61. The summed E-state index contributed by atoms with van der Waals surface area (Å²) in [5.41, 5.74) is 2.23. The van der Waals surface area contributed by atoms with Gasteiger partial charge in [-0.1, -0.05) is 38.1 Å². The molecule has 140 heavy (non-hydrogen) atoms. The molecule has 0 radical (unpaired) electrons. The standard InChI is InChI=1S/C84H114N21O31P3S/c1-84(2,46-133-139(130,131)136-138(128,129)132-45-58-69(135-137(125,126)127)68(113)83(134-58)105-48-98-63-71(85)96-47-97-72(63)105)70(114)81(123)88-21-18-60(106)87-29-42-140-59-43-62(108)104(82(59)124)30-19-61(107)86-20-4-3-9-49-44-103-37-28-95-78(120)55-15-7-14-54(66(55)111)75(117)91-24-33-101(34-25-94-79(121)56-16-8-17-57(67(56)112)80(122)99-49)39-38-100-31-22-89-73(115)50-10-5-12-52(64(50)109)76(118)92-26-35-102(40-41-103)36-27-93-77(119)53-13-6-11-51(65(53)110)74(116)90-23-32-100/h5-8,10-17,47-49,58-59,68-70,83,109-114H,3-4,9,18-46H2,1-2H3,(H,86,107)(H,87,106)(H,88,123)(H,89,115)(H,90,116)(H,91,117)(H,92,118)(H,93,119)(H,94,121)(H,95,120)(H,99,122)(H,128,129)(H,130,131)(H2,85,96,97)(H2,125,126,127). The topological polar surface area (TPSA) is 740 Å². The number of amides is 13. The van der Waals surface area contributed by atoms with Crippen LogP contribution in [0.3, 0.4) is 0 Å². The van der Waals surface area contributed by atoms with Crippen molar-refractivity contribution in [3.63, 3.8) is 0 Å². The molecule has 6 aromatic rings. The highest BCUT2D eigenvalue weighted by molar-refractivity contribution is 8.00. The first-order valence-electron chi connectivity index (χ1n) is 44.6. The van der Waals surface area contributed by atoms with E-state index in [1.54, 1.807) is 0 Å². The second-order valence-electron chi connectivity index (χ2n) is 33.7. The van der Waals surface area contributed by atoms with E-state index >= 15 is 0 Å². The first-order valence-corrected chi connectivity index (χ1v) is 50.2. The van der Waals surface area contributed by atoms with Crippen LogP contribution < -0.4 is 64.2 Å². The number of hydrogen-bond donors (Lipinski definition) is 22. The number of nitrogens with zero attached hydrogens (tertiary/aromatic N) is 9. The molecule has 11 unspecified atom stereocenters. The van der Waals surface area contributed by atoms with Gasteiger partial charge in [0.05, 0.1) is 69.3 Å². The number of aromatic hydroxyl groups is 4. The number of phenols is 4. The number of likely N-dealkylation sites (tertiary alicyclic amines) is 1. The van der Waals surface area contributed by atoms with E-state index in [1.807, 2.05) is 19.6 Å². The lowest BCUT2D eigenvalue weighted by Gasteiger charge is -2.31. The number of phosphoric acid groups is 3. The zero-order valence-electron chi connectivity index (χ0n) is 76.1. The summed E-state index contributed by atoms with van der Waals surface area (Å²) >= 11 is 1.06. The Balaban J connectivity index is 0.694. The molecule has 12 rings (SSSR count). The van der Waals surface area contributed by atoms with Gasteiger partial charge in [0.1, 0.15) is 59.3 Å². The minimum absolute atomic E-state index is 0.00152. The fourth-order valence-corrected chi connectivity index (χ4v) is 19.5. The number of aliphatic hydroxyl groups excluding tert-OH is 2. The number of aromatic nitrogens is 4. The van der Waals surface area contributed by atoms with Crippen molar-refractivity contribution in [2.24, 2.45) is 5.41 Å². The predicted molar refractivity (Wildman–Crippen MR) is 494 cm³/mol. The number of ether oxygens (including phenoxy) is 1. The van der Waals surface area contributed by atoms with Crippen molar-refractivity contribution in [3.8, 4) is 23.0 Å². The molecule has 11 atom stereocenters. The number of fused-ring (bicyclic) bond motifs is 17. The molecule has 0 spiro atoms. The first-order chi connectivity index (χ1) is 66.6. The Morgan fingerprint density at radius 3 is 1.43 bits per heavy atom. The van der Waals surface area contributed by atoms with Crippen LogP contribution in [-0.4, -0.2) is 376 Å². The lowest BCUT2D eigenvalue weighted by atomic mass is 9.87. The van der Waals surface area contributed by atoms with Gasteiger partial charge >= 0.3 is 23.5 Å². The van der Waals surface area contributed by atoms with Gasteiger partial charge in [-0.15, -0.1) is 11.8 Å². The highest BCUT2D eigenvalue weighted by atomic mass is 32.2. The number of para-hydroxylation sites is 4. The number of nitrogen functional groups attached to an aromatic ring is 1. The Kier molecular flexibility index (Phi) is 38.8. The zero-order valence-corrected chi connectivity index (χ0v) is 79.6. The van der Waals surface area contributed by atoms with Crippen LogP contribution in [0.5, 0.6) is 23.0 Å². The summed E-state index contributed by atoms with van der Waals surface area (Å²) in [6.07, 6.45) is -7.39. The summed E-state index contributed by atoms with van der Waals surface area (Å²) in [6.45, 7) is 0.0283. The molecule has 6 aliphatic heterocycles. The number of imidazole rings is 1. The Morgan fingerprint density at radius 1 is 0.550 bits per heavy atom. The fraction of sp³-hybridized carbons (Fsp3) is 0.500. The zero-order chi connectivity index (χ0) is 101. The maximum Gasteiger partial charge on any atom is 0.481 e. The number of carbonyl (C=O) groups excluding carboxylic acids is 13. The van der Waals surface area contributed by atoms with Crippen LogP contribution in [0.15, 0.2) is 85.5 Å². The molecule has 52 nitrogen and oxygen atoms in total. The van der Waals surface area contributed by atoms with E-state index in [1.165, 1.54) is 86.6 Å². The van der Waals surface area contributed by atoms with Crippen molar-refractivity contribution in [3.05, 3.63) is 130 Å². The minimum Gasteiger partial charge on any atom is -0.506 e. The van der Waals surface area contributed by atoms with Crippen molar-refractivity contribution >= 4 is 129 Å². The van der Waals surface area contributed by atoms with Crippen molar-refractivity contribution in [2.75, 3.05) is 175 Å².